The van der Waals surface area contributed by atoms with E-state index in [4.69, 9.17) is 0 Å². The number of nitrogens with one attached hydrogen (secondary N) is 2. The standard InChI is InChI=1S/C25H33N3O2/c1-19(2)24(26-23(29)17-21-10-5-4-6-11-21)25(30)28-15-13-27(14-16-28)18-22-12-8-7-9-20(22)3/h4-12,19,24H,13-18H2,1-3H3,(H,26,29)/p+1/t24-/m0/s1. The van der Waals surface area contributed by atoms with Crippen molar-refractivity contribution in [3.8, 4) is 0 Å². The number of piperazine rings is 1. The number of benzene rings is 2. The lowest BCUT2D eigenvalue weighted by Crippen LogP contribution is -3.13. The fourth-order valence-corrected chi connectivity index (χ4v) is 4.01. The van der Waals surface area contributed by atoms with E-state index >= 15 is 0 Å². The van der Waals surface area contributed by atoms with Crippen molar-refractivity contribution in [1.29, 1.82) is 0 Å². The number of rotatable bonds is 7. The summed E-state index contributed by atoms with van der Waals surface area (Å²) in [4.78, 5) is 29.1. The molecule has 5 heteroatoms. The quantitative estimate of drug-likeness (QED) is 0.731. The summed E-state index contributed by atoms with van der Waals surface area (Å²) in [5.74, 6) is -0.00650. The lowest BCUT2D eigenvalue weighted by Gasteiger charge is -2.35. The molecule has 2 aromatic carbocycles. The van der Waals surface area contributed by atoms with E-state index in [-0.39, 0.29) is 17.7 Å². The molecule has 0 saturated carbocycles. The Bertz CT molecular complexity index is 842. The third kappa shape index (κ3) is 5.92. The Hall–Kier alpha value is -2.66. The highest BCUT2D eigenvalue weighted by Crippen LogP contribution is 2.09. The second kappa shape index (κ2) is 10.4. The predicted molar refractivity (Wildman–Crippen MR) is 119 cm³/mol. The van der Waals surface area contributed by atoms with E-state index in [1.807, 2.05) is 49.1 Å². The highest BCUT2D eigenvalue weighted by Gasteiger charge is 2.31. The molecule has 0 aliphatic carbocycles. The summed E-state index contributed by atoms with van der Waals surface area (Å²) in [5.41, 5.74) is 3.66. The maximum Gasteiger partial charge on any atom is 0.245 e. The molecular weight excluding hydrogens is 374 g/mol. The van der Waals surface area contributed by atoms with Crippen LogP contribution in [0.5, 0.6) is 0 Å². The van der Waals surface area contributed by atoms with Gasteiger partial charge >= 0.3 is 0 Å². The Balaban J connectivity index is 1.53. The number of quaternary nitrogens is 1. The molecule has 2 aromatic rings. The van der Waals surface area contributed by atoms with Crippen molar-refractivity contribution in [2.45, 2.75) is 39.8 Å². The van der Waals surface area contributed by atoms with Crippen LogP contribution in [-0.2, 0) is 22.6 Å². The average molecular weight is 409 g/mol. The molecule has 1 atom stereocenters. The number of carbonyl (C=O) groups excluding carboxylic acids is 2. The Labute approximate surface area is 180 Å². The van der Waals surface area contributed by atoms with E-state index < -0.39 is 6.04 Å². The van der Waals surface area contributed by atoms with Gasteiger partial charge in [0, 0.05) is 5.56 Å². The summed E-state index contributed by atoms with van der Waals surface area (Å²) in [5, 5.41) is 2.98. The third-order valence-corrected chi connectivity index (χ3v) is 5.94. The van der Waals surface area contributed by atoms with Crippen LogP contribution >= 0.6 is 0 Å². The van der Waals surface area contributed by atoms with Gasteiger partial charge in [0.25, 0.3) is 0 Å². The van der Waals surface area contributed by atoms with Crippen LogP contribution < -0.4 is 10.2 Å². The highest BCUT2D eigenvalue weighted by atomic mass is 16.2. The van der Waals surface area contributed by atoms with Crippen LogP contribution in [0.2, 0.25) is 0 Å². The molecule has 0 bridgehead atoms. The topological polar surface area (TPSA) is 53.9 Å². The number of nitrogens with zero attached hydrogens (tertiary/aromatic N) is 1. The van der Waals surface area contributed by atoms with E-state index in [0.717, 1.165) is 38.3 Å². The normalized spacial score (nSPS) is 15.8. The Morgan fingerprint density at radius 1 is 1.00 bits per heavy atom. The molecule has 1 aliphatic rings. The van der Waals surface area contributed by atoms with Gasteiger partial charge in [0.1, 0.15) is 12.6 Å². The molecule has 1 heterocycles. The first-order valence-electron chi connectivity index (χ1n) is 10.9. The zero-order valence-corrected chi connectivity index (χ0v) is 18.4. The molecule has 1 fully saturated rings. The lowest BCUT2D eigenvalue weighted by molar-refractivity contribution is -0.917. The van der Waals surface area contributed by atoms with Crippen LogP contribution in [-0.4, -0.2) is 48.9 Å². The molecular formula is C25H34N3O2+. The third-order valence-electron chi connectivity index (χ3n) is 5.94. The molecule has 2 amide bonds. The molecule has 0 spiro atoms. The van der Waals surface area contributed by atoms with Crippen molar-refractivity contribution >= 4 is 11.8 Å². The smallest absolute Gasteiger partial charge is 0.245 e. The highest BCUT2D eigenvalue weighted by molar-refractivity contribution is 5.88. The van der Waals surface area contributed by atoms with E-state index in [9.17, 15) is 9.59 Å². The first-order chi connectivity index (χ1) is 14.4. The second-order valence-electron chi connectivity index (χ2n) is 8.63. The summed E-state index contributed by atoms with van der Waals surface area (Å²) >= 11 is 0. The molecule has 0 unspecified atom stereocenters. The number of carbonyl (C=O) groups is 2. The van der Waals surface area contributed by atoms with Crippen LogP contribution in [0.3, 0.4) is 0 Å². The van der Waals surface area contributed by atoms with Crippen molar-refractivity contribution in [2.24, 2.45) is 5.92 Å². The van der Waals surface area contributed by atoms with Gasteiger partial charge in [-0.15, -0.1) is 0 Å². The van der Waals surface area contributed by atoms with Crippen LogP contribution in [0.4, 0.5) is 0 Å². The predicted octanol–water partition coefficient (Wildman–Crippen LogP) is 1.61. The fourth-order valence-electron chi connectivity index (χ4n) is 4.01. The van der Waals surface area contributed by atoms with Gasteiger partial charge in [0.05, 0.1) is 32.6 Å². The zero-order valence-electron chi connectivity index (χ0n) is 18.4. The number of amides is 2. The first kappa shape index (κ1) is 22.0. The van der Waals surface area contributed by atoms with Gasteiger partial charge in [0.2, 0.25) is 11.8 Å². The summed E-state index contributed by atoms with van der Waals surface area (Å²) in [6.07, 6.45) is 0.297. The Kier molecular flexibility index (Phi) is 7.63. The fraction of sp³-hybridized carbons (Fsp3) is 0.440. The van der Waals surface area contributed by atoms with Crippen LogP contribution in [0.25, 0.3) is 0 Å². The summed E-state index contributed by atoms with van der Waals surface area (Å²) in [6, 6.07) is 17.7. The first-order valence-corrected chi connectivity index (χ1v) is 10.9. The second-order valence-corrected chi connectivity index (χ2v) is 8.63. The minimum absolute atomic E-state index is 0.0429. The number of aryl methyl sites for hydroxylation is 1. The van der Waals surface area contributed by atoms with Crippen molar-refractivity contribution in [3.05, 3.63) is 71.3 Å². The molecule has 30 heavy (non-hydrogen) atoms. The van der Waals surface area contributed by atoms with Crippen LogP contribution in [0, 0.1) is 12.8 Å². The van der Waals surface area contributed by atoms with Gasteiger partial charge in [-0.3, -0.25) is 9.59 Å². The van der Waals surface area contributed by atoms with Gasteiger partial charge in [-0.25, -0.2) is 0 Å². The van der Waals surface area contributed by atoms with Gasteiger partial charge in [-0.1, -0.05) is 68.4 Å². The van der Waals surface area contributed by atoms with E-state index in [2.05, 4.69) is 36.5 Å². The average Bonchev–Trinajstić information content (AvgIpc) is 2.74. The Morgan fingerprint density at radius 2 is 1.63 bits per heavy atom. The Morgan fingerprint density at radius 3 is 2.27 bits per heavy atom. The molecule has 1 saturated heterocycles. The summed E-state index contributed by atoms with van der Waals surface area (Å²) in [6.45, 7) is 10.5. The van der Waals surface area contributed by atoms with Gasteiger partial charge in [0.15, 0.2) is 0 Å². The van der Waals surface area contributed by atoms with Gasteiger partial charge < -0.3 is 15.1 Å². The molecule has 5 nitrogen and oxygen atoms in total. The van der Waals surface area contributed by atoms with Crippen molar-refractivity contribution in [3.63, 3.8) is 0 Å². The molecule has 0 radical (unpaired) electrons. The largest absolute Gasteiger partial charge is 0.344 e. The van der Waals surface area contributed by atoms with Crippen LogP contribution in [0.1, 0.15) is 30.5 Å². The molecule has 2 N–H and O–H groups in total. The van der Waals surface area contributed by atoms with E-state index in [1.165, 1.54) is 16.0 Å². The number of hydrogen-bond donors (Lipinski definition) is 2. The molecule has 0 aromatic heterocycles. The summed E-state index contributed by atoms with van der Waals surface area (Å²) < 4.78 is 0. The van der Waals surface area contributed by atoms with Crippen molar-refractivity contribution < 1.29 is 14.5 Å². The lowest BCUT2D eigenvalue weighted by atomic mass is 10.0. The van der Waals surface area contributed by atoms with Gasteiger partial charge in [-0.2, -0.15) is 0 Å². The van der Waals surface area contributed by atoms with E-state index in [1.54, 1.807) is 0 Å². The minimum atomic E-state index is -0.473. The SMILES string of the molecule is Cc1ccccc1C[NH+]1CCN(C(=O)[C@@H](NC(=O)Cc2ccccc2)C(C)C)CC1. The molecule has 1 aliphatic heterocycles. The summed E-state index contributed by atoms with van der Waals surface area (Å²) in [7, 11) is 0. The van der Waals surface area contributed by atoms with Gasteiger partial charge in [-0.05, 0) is 24.0 Å². The maximum atomic E-state index is 13.1. The monoisotopic (exact) mass is 408 g/mol. The van der Waals surface area contributed by atoms with Crippen molar-refractivity contribution in [1.82, 2.24) is 10.2 Å². The molecule has 3 rings (SSSR count). The number of hydrogen-bond acceptors (Lipinski definition) is 2. The zero-order chi connectivity index (χ0) is 21.5. The van der Waals surface area contributed by atoms with Crippen molar-refractivity contribution in [2.75, 3.05) is 26.2 Å². The van der Waals surface area contributed by atoms with Crippen LogP contribution in [0.15, 0.2) is 54.6 Å². The minimum Gasteiger partial charge on any atom is -0.344 e. The van der Waals surface area contributed by atoms with E-state index in [0.29, 0.717) is 6.42 Å². The maximum absolute atomic E-state index is 13.1. The molecule has 160 valence electrons.